The molecule has 0 unspecified atom stereocenters. The molecule has 0 atom stereocenters. The summed E-state index contributed by atoms with van der Waals surface area (Å²) in [6, 6.07) is 8.56. The van der Waals surface area contributed by atoms with Gasteiger partial charge in [0.2, 0.25) is 5.95 Å². The Morgan fingerprint density at radius 3 is 2.62 bits per heavy atom. The van der Waals surface area contributed by atoms with Crippen LogP contribution in [0.3, 0.4) is 0 Å². The van der Waals surface area contributed by atoms with E-state index in [0.717, 1.165) is 54.2 Å². The molecule has 1 aromatic carbocycles. The van der Waals surface area contributed by atoms with Crippen LogP contribution >= 0.6 is 0 Å². The van der Waals surface area contributed by atoms with E-state index in [-0.39, 0.29) is 0 Å². The maximum Gasteiger partial charge on any atom is 0.228 e. The zero-order valence-electron chi connectivity index (χ0n) is 18.5. The van der Waals surface area contributed by atoms with Gasteiger partial charge < -0.3 is 24.3 Å². The zero-order valence-corrected chi connectivity index (χ0v) is 18.5. The van der Waals surface area contributed by atoms with Crippen molar-refractivity contribution in [1.29, 1.82) is 0 Å². The SMILES string of the molecule is COc1cc(Nc2ncc3ccc4ccn(C(C)C)c4c3n2)ncc1N1CC2(COC2)C1. The van der Waals surface area contributed by atoms with Gasteiger partial charge in [-0.1, -0.05) is 12.1 Å². The Hall–Kier alpha value is -3.39. The highest BCUT2D eigenvalue weighted by Crippen LogP contribution is 2.43. The smallest absolute Gasteiger partial charge is 0.228 e. The van der Waals surface area contributed by atoms with Crippen LogP contribution in [-0.2, 0) is 4.74 Å². The Bertz CT molecular complexity index is 1320. The van der Waals surface area contributed by atoms with E-state index in [1.165, 1.54) is 5.39 Å². The molecule has 0 amide bonds. The first kappa shape index (κ1) is 19.3. The molecule has 2 aliphatic heterocycles. The lowest BCUT2D eigenvalue weighted by molar-refractivity contribution is -0.127. The molecule has 8 nitrogen and oxygen atoms in total. The molecule has 0 bridgehead atoms. The van der Waals surface area contributed by atoms with E-state index in [4.69, 9.17) is 14.5 Å². The number of nitrogens with one attached hydrogen (secondary N) is 1. The standard InChI is InChI=1S/C24H26N6O2/c1-15(2)30-7-6-16-4-5-17-9-26-23(28-21(17)22(16)30)27-20-8-19(31-3)18(10-25-20)29-11-24(12-29)13-32-14-24/h4-10,15H,11-14H2,1-3H3,(H,25,26,27,28). The summed E-state index contributed by atoms with van der Waals surface area (Å²) in [5.41, 5.74) is 3.39. The molecular weight excluding hydrogens is 404 g/mol. The Balaban J connectivity index is 1.31. The Morgan fingerprint density at radius 1 is 1.09 bits per heavy atom. The Morgan fingerprint density at radius 2 is 1.91 bits per heavy atom. The fraction of sp³-hybridized carbons (Fsp3) is 0.375. The first-order valence-electron chi connectivity index (χ1n) is 11.0. The largest absolute Gasteiger partial charge is 0.494 e. The summed E-state index contributed by atoms with van der Waals surface area (Å²) in [7, 11) is 1.69. The molecule has 1 spiro atoms. The van der Waals surface area contributed by atoms with Crippen molar-refractivity contribution in [2.45, 2.75) is 19.9 Å². The molecule has 6 rings (SSSR count). The predicted molar refractivity (Wildman–Crippen MR) is 125 cm³/mol. The average Bonchev–Trinajstić information content (AvgIpc) is 3.17. The number of hydrogen-bond acceptors (Lipinski definition) is 7. The molecule has 8 heteroatoms. The highest BCUT2D eigenvalue weighted by atomic mass is 16.5. The molecule has 0 radical (unpaired) electrons. The van der Waals surface area contributed by atoms with Crippen molar-refractivity contribution < 1.29 is 9.47 Å². The lowest BCUT2D eigenvalue weighted by Gasteiger charge is -2.55. The summed E-state index contributed by atoms with van der Waals surface area (Å²) in [6.07, 6.45) is 5.83. The molecule has 164 valence electrons. The normalized spacial score (nSPS) is 17.1. The second-order valence-electron chi connectivity index (χ2n) is 9.17. The topological polar surface area (TPSA) is 77.3 Å². The first-order chi connectivity index (χ1) is 15.5. The van der Waals surface area contributed by atoms with Crippen LogP contribution in [0.15, 0.2) is 42.9 Å². The molecule has 3 aromatic heterocycles. The van der Waals surface area contributed by atoms with Crippen LogP contribution in [-0.4, -0.2) is 52.9 Å². The van der Waals surface area contributed by atoms with Gasteiger partial charge in [-0.15, -0.1) is 0 Å². The Kier molecular flexibility index (Phi) is 4.26. The van der Waals surface area contributed by atoms with E-state index < -0.39 is 0 Å². The van der Waals surface area contributed by atoms with Crippen LogP contribution < -0.4 is 15.0 Å². The van der Waals surface area contributed by atoms with Crippen molar-refractivity contribution in [1.82, 2.24) is 19.5 Å². The van der Waals surface area contributed by atoms with Gasteiger partial charge in [-0.05, 0) is 19.9 Å². The molecule has 32 heavy (non-hydrogen) atoms. The first-order valence-corrected chi connectivity index (χ1v) is 11.0. The highest BCUT2D eigenvalue weighted by molar-refractivity contribution is 6.03. The maximum absolute atomic E-state index is 5.66. The van der Waals surface area contributed by atoms with Gasteiger partial charge in [0, 0.05) is 48.4 Å². The Labute approximate surface area is 186 Å². The molecular formula is C24H26N6O2. The average molecular weight is 431 g/mol. The van der Waals surface area contributed by atoms with Crippen molar-refractivity contribution in [3.05, 3.63) is 42.9 Å². The summed E-state index contributed by atoms with van der Waals surface area (Å²) in [5, 5.41) is 5.44. The molecule has 0 saturated carbocycles. The minimum atomic E-state index is 0.333. The van der Waals surface area contributed by atoms with Crippen LogP contribution in [0.1, 0.15) is 19.9 Å². The number of anilines is 3. The van der Waals surface area contributed by atoms with Crippen LogP contribution in [0.4, 0.5) is 17.5 Å². The number of rotatable bonds is 5. The van der Waals surface area contributed by atoms with Crippen molar-refractivity contribution in [3.63, 3.8) is 0 Å². The van der Waals surface area contributed by atoms with Gasteiger partial charge in [-0.25, -0.2) is 15.0 Å². The summed E-state index contributed by atoms with van der Waals surface area (Å²) in [5.74, 6) is 1.95. The maximum atomic E-state index is 5.66. The third kappa shape index (κ3) is 2.97. The van der Waals surface area contributed by atoms with Crippen molar-refractivity contribution in [3.8, 4) is 5.75 Å². The molecule has 0 aliphatic carbocycles. The fourth-order valence-corrected chi connectivity index (χ4v) is 4.75. The van der Waals surface area contributed by atoms with Gasteiger partial charge >= 0.3 is 0 Å². The molecule has 2 fully saturated rings. The number of fused-ring (bicyclic) bond motifs is 3. The van der Waals surface area contributed by atoms with E-state index in [2.05, 4.69) is 63.0 Å². The van der Waals surface area contributed by atoms with Crippen molar-refractivity contribution in [2.75, 3.05) is 43.6 Å². The monoisotopic (exact) mass is 430 g/mol. The van der Waals surface area contributed by atoms with Gasteiger partial charge in [0.1, 0.15) is 17.1 Å². The van der Waals surface area contributed by atoms with E-state index in [1.807, 2.05) is 18.5 Å². The third-order valence-corrected chi connectivity index (χ3v) is 6.50. The third-order valence-electron chi connectivity index (χ3n) is 6.50. The van der Waals surface area contributed by atoms with E-state index in [1.54, 1.807) is 7.11 Å². The van der Waals surface area contributed by atoms with Crippen LogP contribution in [0.2, 0.25) is 0 Å². The van der Waals surface area contributed by atoms with Gasteiger partial charge in [-0.3, -0.25) is 0 Å². The van der Waals surface area contributed by atoms with Crippen molar-refractivity contribution in [2.24, 2.45) is 5.41 Å². The van der Waals surface area contributed by atoms with E-state index in [0.29, 0.717) is 23.2 Å². The van der Waals surface area contributed by atoms with E-state index in [9.17, 15) is 0 Å². The number of pyridine rings is 1. The molecule has 5 heterocycles. The fourth-order valence-electron chi connectivity index (χ4n) is 4.75. The van der Waals surface area contributed by atoms with Crippen LogP contribution in [0, 0.1) is 5.41 Å². The molecule has 4 aromatic rings. The summed E-state index contributed by atoms with van der Waals surface area (Å²) >= 11 is 0. The number of ether oxygens (including phenoxy) is 2. The summed E-state index contributed by atoms with van der Waals surface area (Å²) in [6.45, 7) is 8.02. The number of nitrogens with zero attached hydrogens (tertiary/aromatic N) is 5. The second kappa shape index (κ2) is 7.06. The minimum absolute atomic E-state index is 0.333. The van der Waals surface area contributed by atoms with Crippen molar-refractivity contribution >= 4 is 39.3 Å². The second-order valence-corrected chi connectivity index (χ2v) is 9.17. The molecule has 2 aliphatic rings. The van der Waals surface area contributed by atoms with E-state index >= 15 is 0 Å². The zero-order chi connectivity index (χ0) is 21.9. The van der Waals surface area contributed by atoms with Gasteiger partial charge in [0.15, 0.2) is 0 Å². The van der Waals surface area contributed by atoms with Gasteiger partial charge in [-0.2, -0.15) is 0 Å². The van der Waals surface area contributed by atoms with Gasteiger partial charge in [0.05, 0.1) is 43.1 Å². The summed E-state index contributed by atoms with van der Waals surface area (Å²) < 4.78 is 13.3. The number of aromatic nitrogens is 4. The number of methoxy groups -OCH3 is 1. The summed E-state index contributed by atoms with van der Waals surface area (Å²) in [4.78, 5) is 16.3. The predicted octanol–water partition coefficient (Wildman–Crippen LogP) is 4.15. The lowest BCUT2D eigenvalue weighted by atomic mass is 9.78. The number of hydrogen-bond donors (Lipinski definition) is 1. The van der Waals surface area contributed by atoms with Crippen LogP contribution in [0.25, 0.3) is 21.8 Å². The van der Waals surface area contributed by atoms with Crippen LogP contribution in [0.5, 0.6) is 5.75 Å². The highest BCUT2D eigenvalue weighted by Gasteiger charge is 2.49. The molecule has 1 N–H and O–H groups in total. The van der Waals surface area contributed by atoms with Gasteiger partial charge in [0.25, 0.3) is 0 Å². The quantitative estimate of drug-likeness (QED) is 0.510. The number of benzene rings is 1. The lowest BCUT2D eigenvalue weighted by Crippen LogP contribution is -2.66. The molecule has 2 saturated heterocycles. The minimum Gasteiger partial charge on any atom is -0.494 e.